The van der Waals surface area contributed by atoms with Crippen LogP contribution in [0.1, 0.15) is 12.8 Å². The summed E-state index contributed by atoms with van der Waals surface area (Å²) >= 11 is 11.2. The molecule has 0 N–H and O–H groups in total. The van der Waals surface area contributed by atoms with E-state index in [2.05, 4.69) is 7.05 Å². The van der Waals surface area contributed by atoms with Crippen molar-refractivity contribution in [1.82, 2.24) is 4.90 Å². The van der Waals surface area contributed by atoms with Gasteiger partial charge in [0.1, 0.15) is 4.49 Å². The molecule has 1 rings (SSSR count). The molecule has 58 valence electrons. The number of likely N-dealkylation sites (tertiary alicyclic amines) is 1. The van der Waals surface area contributed by atoms with Crippen LogP contribution in [-0.2, 0) is 0 Å². The van der Waals surface area contributed by atoms with Crippen LogP contribution in [0.2, 0.25) is 0 Å². The SMILES string of the molecule is [CH2-]N1CCC(=C(Cl)Cl)CC1. The zero-order chi connectivity index (χ0) is 7.56. The van der Waals surface area contributed by atoms with Gasteiger partial charge < -0.3 is 4.90 Å². The molecule has 0 unspecified atom stereocenters. The third-order valence-corrected chi connectivity index (χ3v) is 2.26. The molecule has 0 saturated carbocycles. The molecule has 1 fully saturated rings. The molecular weight excluding hydrogens is 169 g/mol. The van der Waals surface area contributed by atoms with Gasteiger partial charge in [-0.3, -0.25) is 7.05 Å². The second-order valence-electron chi connectivity index (χ2n) is 2.48. The van der Waals surface area contributed by atoms with Crippen molar-refractivity contribution in [3.63, 3.8) is 0 Å². The van der Waals surface area contributed by atoms with Crippen molar-refractivity contribution in [1.29, 1.82) is 0 Å². The fourth-order valence-electron chi connectivity index (χ4n) is 1.01. The van der Waals surface area contributed by atoms with Crippen molar-refractivity contribution in [3.8, 4) is 0 Å². The van der Waals surface area contributed by atoms with Gasteiger partial charge in [-0.15, -0.1) is 0 Å². The maximum Gasteiger partial charge on any atom is 0.106 e. The van der Waals surface area contributed by atoms with Gasteiger partial charge in [-0.1, -0.05) is 23.2 Å². The molecular formula is C7H10Cl2N-. The van der Waals surface area contributed by atoms with Crippen molar-refractivity contribution in [3.05, 3.63) is 17.1 Å². The highest BCUT2D eigenvalue weighted by Crippen LogP contribution is 2.23. The molecule has 0 aromatic rings. The molecule has 0 amide bonds. The third-order valence-electron chi connectivity index (χ3n) is 1.73. The number of hydrogen-bond acceptors (Lipinski definition) is 1. The Morgan fingerprint density at radius 1 is 1.30 bits per heavy atom. The zero-order valence-corrected chi connectivity index (χ0v) is 7.25. The molecule has 0 aromatic heterocycles. The van der Waals surface area contributed by atoms with Crippen molar-refractivity contribution in [2.75, 3.05) is 13.1 Å². The molecule has 0 aromatic carbocycles. The first-order chi connectivity index (χ1) is 4.70. The van der Waals surface area contributed by atoms with Gasteiger partial charge in [-0.25, -0.2) is 0 Å². The number of halogens is 2. The first-order valence-electron chi connectivity index (χ1n) is 3.28. The predicted molar refractivity (Wildman–Crippen MR) is 44.9 cm³/mol. The average Bonchev–Trinajstić information content (AvgIpc) is 1.88. The van der Waals surface area contributed by atoms with Gasteiger partial charge in [-0.05, 0) is 31.5 Å². The molecule has 0 aliphatic carbocycles. The van der Waals surface area contributed by atoms with E-state index in [1.165, 1.54) is 5.57 Å². The molecule has 1 heterocycles. The smallest absolute Gasteiger partial charge is 0.106 e. The minimum absolute atomic E-state index is 0.452. The molecule has 0 radical (unpaired) electrons. The predicted octanol–water partition coefficient (Wildman–Crippen LogP) is 2.56. The first-order valence-corrected chi connectivity index (χ1v) is 4.04. The molecule has 1 aliphatic heterocycles. The lowest BCUT2D eigenvalue weighted by molar-refractivity contribution is 0.345. The van der Waals surface area contributed by atoms with Gasteiger partial charge in [0.2, 0.25) is 0 Å². The summed E-state index contributed by atoms with van der Waals surface area (Å²) in [6.07, 6.45) is 1.93. The highest BCUT2D eigenvalue weighted by atomic mass is 35.5. The lowest BCUT2D eigenvalue weighted by Gasteiger charge is -2.30. The van der Waals surface area contributed by atoms with Gasteiger partial charge in [0.15, 0.2) is 0 Å². The lowest BCUT2D eigenvalue weighted by atomic mass is 10.1. The molecule has 0 spiro atoms. The Bertz CT molecular complexity index is 140. The first kappa shape index (κ1) is 8.38. The summed E-state index contributed by atoms with van der Waals surface area (Å²) < 4.78 is 0.452. The van der Waals surface area contributed by atoms with Gasteiger partial charge >= 0.3 is 0 Å². The summed E-state index contributed by atoms with van der Waals surface area (Å²) in [5.41, 5.74) is 1.17. The van der Waals surface area contributed by atoms with Crippen LogP contribution in [0.3, 0.4) is 0 Å². The van der Waals surface area contributed by atoms with Crippen LogP contribution in [0.4, 0.5) is 0 Å². The van der Waals surface area contributed by atoms with E-state index in [4.69, 9.17) is 23.2 Å². The highest BCUT2D eigenvalue weighted by Gasteiger charge is 2.08. The van der Waals surface area contributed by atoms with E-state index in [9.17, 15) is 0 Å². The average molecular weight is 179 g/mol. The lowest BCUT2D eigenvalue weighted by Crippen LogP contribution is -2.24. The molecule has 0 atom stereocenters. The maximum absolute atomic E-state index is 5.61. The normalized spacial score (nSPS) is 21.3. The number of nitrogens with zero attached hydrogens (tertiary/aromatic N) is 1. The Kier molecular flexibility index (Phi) is 3.02. The van der Waals surface area contributed by atoms with Crippen molar-refractivity contribution in [2.24, 2.45) is 0 Å². The monoisotopic (exact) mass is 178 g/mol. The van der Waals surface area contributed by atoms with E-state index >= 15 is 0 Å². The van der Waals surface area contributed by atoms with E-state index in [1.807, 2.05) is 4.90 Å². The summed E-state index contributed by atoms with van der Waals surface area (Å²) in [5, 5.41) is 0. The molecule has 0 bridgehead atoms. The minimum atomic E-state index is 0.452. The number of hydrogen-bond donors (Lipinski definition) is 0. The number of piperidine rings is 1. The summed E-state index contributed by atoms with van der Waals surface area (Å²) in [5.74, 6) is 0. The van der Waals surface area contributed by atoms with Crippen LogP contribution in [0.25, 0.3) is 0 Å². The Labute approximate surface area is 71.6 Å². The standard InChI is InChI=1S/C7H10Cl2N/c1-10-4-2-6(3-5-10)7(8)9/h1-5H2/q-1. The highest BCUT2D eigenvalue weighted by molar-refractivity contribution is 6.56. The fourth-order valence-corrected chi connectivity index (χ4v) is 1.39. The topological polar surface area (TPSA) is 3.24 Å². The van der Waals surface area contributed by atoms with Gasteiger partial charge in [0, 0.05) is 0 Å². The van der Waals surface area contributed by atoms with Crippen LogP contribution in [0.15, 0.2) is 10.1 Å². The summed E-state index contributed by atoms with van der Waals surface area (Å²) in [4.78, 5) is 2.03. The Hall–Kier alpha value is 0.280. The Balaban J connectivity index is 2.48. The van der Waals surface area contributed by atoms with E-state index in [-0.39, 0.29) is 0 Å². The zero-order valence-electron chi connectivity index (χ0n) is 5.74. The largest absolute Gasteiger partial charge is 0.459 e. The molecule has 1 aliphatic rings. The quantitative estimate of drug-likeness (QED) is 0.516. The van der Waals surface area contributed by atoms with Gasteiger partial charge in [-0.2, -0.15) is 0 Å². The van der Waals surface area contributed by atoms with Crippen LogP contribution in [-0.4, -0.2) is 18.0 Å². The van der Waals surface area contributed by atoms with Crippen molar-refractivity contribution in [2.45, 2.75) is 12.8 Å². The third kappa shape index (κ3) is 2.15. The molecule has 1 nitrogen and oxygen atoms in total. The Morgan fingerprint density at radius 2 is 1.80 bits per heavy atom. The summed E-state index contributed by atoms with van der Waals surface area (Å²) in [7, 11) is 3.82. The van der Waals surface area contributed by atoms with Crippen LogP contribution in [0, 0.1) is 7.05 Å². The second-order valence-corrected chi connectivity index (χ2v) is 3.43. The number of rotatable bonds is 0. The van der Waals surface area contributed by atoms with Gasteiger partial charge in [0.05, 0.1) is 0 Å². The van der Waals surface area contributed by atoms with E-state index in [0.717, 1.165) is 25.9 Å². The summed E-state index contributed by atoms with van der Waals surface area (Å²) in [6, 6.07) is 0. The molecule has 3 heteroatoms. The Morgan fingerprint density at radius 3 is 2.20 bits per heavy atom. The van der Waals surface area contributed by atoms with Crippen LogP contribution in [0.5, 0.6) is 0 Å². The van der Waals surface area contributed by atoms with E-state index in [1.54, 1.807) is 0 Å². The van der Waals surface area contributed by atoms with Crippen molar-refractivity contribution < 1.29 is 0 Å². The maximum atomic E-state index is 5.61. The van der Waals surface area contributed by atoms with E-state index < -0.39 is 0 Å². The van der Waals surface area contributed by atoms with Gasteiger partial charge in [0.25, 0.3) is 0 Å². The van der Waals surface area contributed by atoms with Crippen molar-refractivity contribution >= 4 is 23.2 Å². The fraction of sp³-hybridized carbons (Fsp3) is 0.571. The second kappa shape index (κ2) is 3.61. The minimum Gasteiger partial charge on any atom is -0.459 e. The van der Waals surface area contributed by atoms with E-state index in [0.29, 0.717) is 4.49 Å². The van der Waals surface area contributed by atoms with Crippen LogP contribution < -0.4 is 0 Å². The molecule has 10 heavy (non-hydrogen) atoms. The summed E-state index contributed by atoms with van der Waals surface area (Å²) in [6.45, 7) is 1.94. The van der Waals surface area contributed by atoms with Crippen LogP contribution >= 0.6 is 23.2 Å². The molecule has 1 saturated heterocycles.